The lowest BCUT2D eigenvalue weighted by Gasteiger charge is -2.33. The van der Waals surface area contributed by atoms with Gasteiger partial charge in [0, 0.05) is 31.0 Å². The maximum absolute atomic E-state index is 12.5. The van der Waals surface area contributed by atoms with Gasteiger partial charge in [-0.15, -0.1) is 0 Å². The Bertz CT molecular complexity index is 825. The fourth-order valence-electron chi connectivity index (χ4n) is 2.73. The van der Waals surface area contributed by atoms with Crippen LogP contribution in [0.5, 0.6) is 0 Å². The predicted octanol–water partition coefficient (Wildman–Crippen LogP) is 2.87. The van der Waals surface area contributed by atoms with Gasteiger partial charge in [-0.2, -0.15) is 0 Å². The molecule has 0 radical (unpaired) electrons. The normalized spacial score (nSPS) is 16.1. The van der Waals surface area contributed by atoms with Gasteiger partial charge >= 0.3 is 6.09 Å². The Morgan fingerprint density at radius 3 is 2.33 bits per heavy atom. The van der Waals surface area contributed by atoms with Gasteiger partial charge in [0.15, 0.2) is 9.84 Å². The highest BCUT2D eigenvalue weighted by Gasteiger charge is 2.28. The fraction of sp³-hybridized carbons (Fsp3) is 0.556. The summed E-state index contributed by atoms with van der Waals surface area (Å²) in [4.78, 5) is 26.1. The number of carbonyl (C=O) groups is 2. The highest BCUT2D eigenvalue weighted by Crippen LogP contribution is 2.23. The zero-order valence-electron chi connectivity index (χ0n) is 15.9. The summed E-state index contributed by atoms with van der Waals surface area (Å²) in [5.41, 5.74) is -0.317. The number of nitrogens with zero attached hydrogens (tertiary/aromatic N) is 1. The summed E-state index contributed by atoms with van der Waals surface area (Å²) in [7, 11) is -3.52. The van der Waals surface area contributed by atoms with E-state index in [1.54, 1.807) is 4.90 Å². The second kappa shape index (κ2) is 8.06. The molecular weight excluding hydrogens is 392 g/mol. The minimum absolute atomic E-state index is 0.0726. The quantitative estimate of drug-likeness (QED) is 0.817. The van der Waals surface area contributed by atoms with Gasteiger partial charge in [-0.05, 0) is 51.8 Å². The van der Waals surface area contributed by atoms with Crippen LogP contribution in [0.15, 0.2) is 23.1 Å². The van der Waals surface area contributed by atoms with Crippen molar-refractivity contribution >= 4 is 33.4 Å². The molecule has 0 aliphatic carbocycles. The number of amides is 2. The van der Waals surface area contributed by atoms with Gasteiger partial charge in [0.1, 0.15) is 5.60 Å². The Kier molecular flexibility index (Phi) is 6.42. The van der Waals surface area contributed by atoms with E-state index in [9.17, 15) is 18.0 Å². The number of benzene rings is 1. The van der Waals surface area contributed by atoms with Gasteiger partial charge in [0.05, 0.1) is 9.92 Å². The molecule has 0 aromatic heterocycles. The minimum atomic E-state index is -3.52. The highest BCUT2D eigenvalue weighted by atomic mass is 35.5. The molecule has 1 saturated heterocycles. The first-order chi connectivity index (χ1) is 12.4. The molecule has 0 atom stereocenters. The monoisotopic (exact) mass is 416 g/mol. The molecule has 0 unspecified atom stereocenters. The summed E-state index contributed by atoms with van der Waals surface area (Å²) in [5.74, 6) is -0.368. The molecule has 9 heteroatoms. The second-order valence-electron chi connectivity index (χ2n) is 7.63. The Labute approximate surface area is 164 Å². The Morgan fingerprint density at radius 2 is 1.81 bits per heavy atom. The van der Waals surface area contributed by atoms with Crippen LogP contribution >= 0.6 is 11.6 Å². The van der Waals surface area contributed by atoms with Crippen molar-refractivity contribution in [2.45, 2.75) is 50.2 Å². The van der Waals surface area contributed by atoms with Gasteiger partial charge in [-0.25, -0.2) is 13.2 Å². The first-order valence-corrected chi connectivity index (χ1v) is 10.9. The number of nitrogens with one attached hydrogen (secondary N) is 1. The van der Waals surface area contributed by atoms with Gasteiger partial charge in [-0.3, -0.25) is 4.79 Å². The summed E-state index contributed by atoms with van der Waals surface area (Å²) in [6.07, 6.45) is 1.87. The summed E-state index contributed by atoms with van der Waals surface area (Å²) < 4.78 is 28.9. The van der Waals surface area contributed by atoms with Crippen molar-refractivity contribution in [3.63, 3.8) is 0 Å². The fourth-order valence-corrected chi connectivity index (χ4v) is 4.03. The van der Waals surface area contributed by atoms with Crippen molar-refractivity contribution in [3.05, 3.63) is 28.8 Å². The molecule has 1 N–H and O–H groups in total. The maximum atomic E-state index is 12.5. The topological polar surface area (TPSA) is 92.8 Å². The van der Waals surface area contributed by atoms with Crippen LogP contribution in [0.4, 0.5) is 4.79 Å². The van der Waals surface area contributed by atoms with Crippen molar-refractivity contribution in [1.82, 2.24) is 10.2 Å². The molecule has 1 heterocycles. The van der Waals surface area contributed by atoms with Crippen LogP contribution in [0.3, 0.4) is 0 Å². The average molecular weight is 417 g/mol. The van der Waals surface area contributed by atoms with Crippen LogP contribution in [-0.2, 0) is 14.6 Å². The van der Waals surface area contributed by atoms with E-state index in [-0.39, 0.29) is 33.5 Å². The van der Waals surface area contributed by atoms with Crippen LogP contribution in [0.2, 0.25) is 5.02 Å². The van der Waals surface area contributed by atoms with E-state index < -0.39 is 15.4 Å². The number of carbonyl (C=O) groups excluding carboxylic acids is 2. The van der Waals surface area contributed by atoms with Crippen LogP contribution in [0.1, 0.15) is 44.0 Å². The van der Waals surface area contributed by atoms with E-state index in [1.807, 2.05) is 20.8 Å². The number of halogens is 1. The predicted molar refractivity (Wildman–Crippen MR) is 103 cm³/mol. The molecule has 0 saturated carbocycles. The molecule has 0 spiro atoms. The third kappa shape index (κ3) is 6.10. The van der Waals surface area contributed by atoms with E-state index in [0.717, 1.165) is 6.26 Å². The molecular formula is C18H25ClN2O5S. The SMILES string of the molecule is CC(C)(C)OC(=O)N1CCC(NC(=O)c2ccc(Cl)c(S(C)(=O)=O)c2)CC1. The number of rotatable bonds is 3. The zero-order valence-corrected chi connectivity index (χ0v) is 17.5. The first-order valence-electron chi connectivity index (χ1n) is 8.65. The Balaban J connectivity index is 1.96. The van der Waals surface area contributed by atoms with Crippen molar-refractivity contribution in [2.75, 3.05) is 19.3 Å². The number of sulfone groups is 1. The summed E-state index contributed by atoms with van der Waals surface area (Å²) in [5, 5.41) is 2.97. The van der Waals surface area contributed by atoms with Crippen molar-refractivity contribution in [3.8, 4) is 0 Å². The second-order valence-corrected chi connectivity index (χ2v) is 10.0. The van der Waals surface area contributed by atoms with E-state index in [0.29, 0.717) is 25.9 Å². The van der Waals surface area contributed by atoms with Crippen LogP contribution in [0, 0.1) is 0 Å². The van der Waals surface area contributed by atoms with Crippen molar-refractivity contribution < 1.29 is 22.7 Å². The van der Waals surface area contributed by atoms with Crippen molar-refractivity contribution in [1.29, 1.82) is 0 Å². The lowest BCUT2D eigenvalue weighted by Crippen LogP contribution is -2.47. The highest BCUT2D eigenvalue weighted by molar-refractivity contribution is 7.90. The van der Waals surface area contributed by atoms with E-state index >= 15 is 0 Å². The van der Waals surface area contributed by atoms with Gasteiger partial charge in [0.25, 0.3) is 5.91 Å². The molecule has 1 aromatic rings. The number of ether oxygens (including phenoxy) is 1. The van der Waals surface area contributed by atoms with Crippen molar-refractivity contribution in [2.24, 2.45) is 0 Å². The number of likely N-dealkylation sites (tertiary alicyclic amines) is 1. The summed E-state index contributed by atoms with van der Waals surface area (Å²) >= 11 is 5.91. The maximum Gasteiger partial charge on any atom is 0.410 e. The lowest BCUT2D eigenvalue weighted by molar-refractivity contribution is 0.0199. The lowest BCUT2D eigenvalue weighted by atomic mass is 10.0. The summed E-state index contributed by atoms with van der Waals surface area (Å²) in [6.45, 7) is 6.41. The largest absolute Gasteiger partial charge is 0.444 e. The standard InChI is InChI=1S/C18H25ClN2O5S/c1-18(2,3)26-17(23)21-9-7-13(8-10-21)20-16(22)12-5-6-14(19)15(11-12)27(4,24)25/h5-6,11,13H,7-10H2,1-4H3,(H,20,22). The van der Waals surface area contributed by atoms with Crippen LogP contribution < -0.4 is 5.32 Å². The smallest absolute Gasteiger partial charge is 0.410 e. The summed E-state index contributed by atoms with van der Waals surface area (Å²) in [6, 6.07) is 4.07. The molecule has 150 valence electrons. The molecule has 27 heavy (non-hydrogen) atoms. The Hall–Kier alpha value is -1.80. The number of hydrogen-bond donors (Lipinski definition) is 1. The van der Waals surface area contributed by atoms with Crippen LogP contribution in [-0.4, -0.2) is 56.3 Å². The Morgan fingerprint density at radius 1 is 1.22 bits per heavy atom. The van der Waals surface area contributed by atoms with Crippen LogP contribution in [0.25, 0.3) is 0 Å². The van der Waals surface area contributed by atoms with Gasteiger partial charge in [0.2, 0.25) is 0 Å². The average Bonchev–Trinajstić information content (AvgIpc) is 2.53. The number of piperidine rings is 1. The molecule has 1 aliphatic heterocycles. The molecule has 7 nitrogen and oxygen atoms in total. The van der Waals surface area contributed by atoms with E-state index in [4.69, 9.17) is 16.3 Å². The molecule has 2 amide bonds. The molecule has 2 rings (SSSR count). The number of hydrogen-bond acceptors (Lipinski definition) is 5. The molecule has 0 bridgehead atoms. The molecule has 1 aliphatic rings. The van der Waals surface area contributed by atoms with Gasteiger partial charge in [-0.1, -0.05) is 11.6 Å². The zero-order chi connectivity index (χ0) is 20.4. The molecule has 1 aromatic carbocycles. The third-order valence-electron chi connectivity index (χ3n) is 4.07. The van der Waals surface area contributed by atoms with Gasteiger partial charge < -0.3 is 15.0 Å². The molecule has 1 fully saturated rings. The first kappa shape index (κ1) is 21.5. The van der Waals surface area contributed by atoms with E-state index in [1.165, 1.54) is 18.2 Å². The minimum Gasteiger partial charge on any atom is -0.444 e. The van der Waals surface area contributed by atoms with E-state index in [2.05, 4.69) is 5.32 Å². The third-order valence-corrected chi connectivity index (χ3v) is 5.65.